The molecule has 9 aromatic carbocycles. The summed E-state index contributed by atoms with van der Waals surface area (Å²) in [7, 11) is 0. The number of fused-ring (bicyclic) bond motifs is 12. The van der Waals surface area contributed by atoms with E-state index in [4.69, 9.17) is 0 Å². The van der Waals surface area contributed by atoms with Crippen molar-refractivity contribution in [1.82, 2.24) is 0 Å². The predicted octanol–water partition coefficient (Wildman–Crippen LogP) is 16.7. The van der Waals surface area contributed by atoms with Crippen molar-refractivity contribution in [3.63, 3.8) is 0 Å². The number of thiophene rings is 2. The molecule has 0 amide bonds. The first-order valence-corrected chi connectivity index (χ1v) is 21.6. The summed E-state index contributed by atoms with van der Waals surface area (Å²) in [6.45, 7) is 0. The smallest absolute Gasteiger partial charge is 0.0540 e. The first-order chi connectivity index (χ1) is 28.8. The molecule has 0 atom stereocenters. The number of anilines is 5. The largest absolute Gasteiger partial charge is 0.314 e. The number of para-hydroxylation sites is 1. The van der Waals surface area contributed by atoms with Crippen LogP contribution in [0.4, 0.5) is 28.4 Å². The normalized spacial score (nSPS) is 13.1. The second-order valence-electron chi connectivity index (χ2n) is 15.1. The summed E-state index contributed by atoms with van der Waals surface area (Å²) >= 11 is 3.88. The van der Waals surface area contributed by atoms with Crippen molar-refractivity contribution in [2.24, 2.45) is 0 Å². The number of allylic oxidation sites excluding steroid dienone is 4. The quantitative estimate of drug-likeness (QED) is 0.166. The van der Waals surface area contributed by atoms with E-state index < -0.39 is 0 Å². The van der Waals surface area contributed by atoms with E-state index in [1.807, 2.05) is 22.7 Å². The molecule has 0 unspecified atom stereocenters. The van der Waals surface area contributed by atoms with E-state index in [1.165, 1.54) is 95.4 Å². The number of benzene rings is 9. The number of rotatable bonds is 6. The lowest BCUT2D eigenvalue weighted by Gasteiger charge is -2.30. The second kappa shape index (κ2) is 13.5. The SMILES string of the molecule is C1=CCCC(N(c2ccc3c(c2)sc2c4sc5cc(N(c6ccccc6)c6cccc7ccccc67)ccc5c4c4ccccc4c32)c2cccc3ccccc23)=C1. The van der Waals surface area contributed by atoms with Crippen molar-refractivity contribution in [2.45, 2.75) is 12.8 Å². The topological polar surface area (TPSA) is 6.48 Å². The van der Waals surface area contributed by atoms with Gasteiger partial charge in [-0.3, -0.25) is 0 Å². The standard InChI is InChI=1S/C54H36N2S2/c1-3-19-37(20-4-1)55(47-27-13-17-35-15-7-9-23-41(35)47)39-29-31-45-49(33-39)57-53-51(45)43-25-11-12-26-44(43)52-46-32-30-40(34-50(46)58-54(52)53)56(38-21-5-2-6-22-38)48-28-14-18-36-16-8-10-24-42(36)48/h1-5,7-21,23-34H,6,22H2. The maximum atomic E-state index is 2.50. The van der Waals surface area contributed by atoms with Crippen molar-refractivity contribution in [1.29, 1.82) is 0 Å². The maximum absolute atomic E-state index is 2.50. The summed E-state index contributed by atoms with van der Waals surface area (Å²) < 4.78 is 5.34. The van der Waals surface area contributed by atoms with Gasteiger partial charge in [0.05, 0.1) is 20.8 Å². The minimum Gasteiger partial charge on any atom is -0.314 e. The van der Waals surface area contributed by atoms with Gasteiger partial charge in [0.15, 0.2) is 0 Å². The zero-order chi connectivity index (χ0) is 38.2. The first kappa shape index (κ1) is 33.4. The summed E-state index contributed by atoms with van der Waals surface area (Å²) in [5, 5.41) is 13.0. The molecular formula is C54H36N2S2. The Morgan fingerprint density at radius 1 is 0.397 bits per heavy atom. The minimum atomic E-state index is 1.00. The molecule has 0 saturated carbocycles. The molecule has 0 bridgehead atoms. The third-order valence-electron chi connectivity index (χ3n) is 11.8. The highest BCUT2D eigenvalue weighted by Crippen LogP contribution is 2.51. The number of hydrogen-bond donors (Lipinski definition) is 0. The molecule has 4 heteroatoms. The van der Waals surface area contributed by atoms with E-state index in [1.54, 1.807) is 0 Å². The molecule has 274 valence electrons. The van der Waals surface area contributed by atoms with E-state index in [0.717, 1.165) is 24.2 Å². The van der Waals surface area contributed by atoms with Crippen LogP contribution < -0.4 is 9.80 Å². The first-order valence-electron chi connectivity index (χ1n) is 20.0. The Bertz CT molecular complexity index is 3470. The average Bonchev–Trinajstić information content (AvgIpc) is 3.87. The fourth-order valence-electron chi connectivity index (χ4n) is 9.27. The van der Waals surface area contributed by atoms with Crippen LogP contribution in [0.1, 0.15) is 12.8 Å². The minimum absolute atomic E-state index is 1.00. The third-order valence-corrected chi connectivity index (χ3v) is 14.3. The van der Waals surface area contributed by atoms with Gasteiger partial charge in [-0.1, -0.05) is 140 Å². The highest BCUT2D eigenvalue weighted by molar-refractivity contribution is 7.33. The van der Waals surface area contributed by atoms with Crippen LogP contribution in [0.3, 0.4) is 0 Å². The molecule has 0 aliphatic heterocycles. The van der Waals surface area contributed by atoms with Gasteiger partial charge < -0.3 is 9.80 Å². The highest BCUT2D eigenvalue weighted by atomic mass is 32.1. The molecule has 12 rings (SSSR count). The van der Waals surface area contributed by atoms with Gasteiger partial charge in [0.2, 0.25) is 0 Å². The Kier molecular flexibility index (Phi) is 7.75. The van der Waals surface area contributed by atoms with Gasteiger partial charge in [0, 0.05) is 64.5 Å². The average molecular weight is 777 g/mol. The van der Waals surface area contributed by atoms with E-state index in [2.05, 4.69) is 204 Å². The van der Waals surface area contributed by atoms with Crippen LogP contribution in [-0.4, -0.2) is 0 Å². The van der Waals surface area contributed by atoms with Gasteiger partial charge >= 0.3 is 0 Å². The molecule has 0 saturated heterocycles. The Labute approximate surface area is 344 Å². The molecule has 11 aromatic rings. The van der Waals surface area contributed by atoms with Crippen molar-refractivity contribution < 1.29 is 0 Å². The molecule has 1 aliphatic rings. The molecule has 0 spiro atoms. The molecular weight excluding hydrogens is 741 g/mol. The second-order valence-corrected chi connectivity index (χ2v) is 17.3. The molecule has 0 radical (unpaired) electrons. The van der Waals surface area contributed by atoms with E-state index in [0.29, 0.717) is 0 Å². The Balaban J connectivity index is 1.08. The van der Waals surface area contributed by atoms with Crippen molar-refractivity contribution in [3.8, 4) is 0 Å². The Morgan fingerprint density at radius 2 is 0.897 bits per heavy atom. The molecule has 58 heavy (non-hydrogen) atoms. The lowest BCUT2D eigenvalue weighted by Crippen LogP contribution is -2.17. The molecule has 2 heterocycles. The Morgan fingerprint density at radius 3 is 1.47 bits per heavy atom. The molecule has 2 aromatic heterocycles. The van der Waals surface area contributed by atoms with Crippen LogP contribution in [0.25, 0.3) is 72.7 Å². The highest BCUT2D eigenvalue weighted by Gasteiger charge is 2.23. The molecule has 1 aliphatic carbocycles. The molecule has 0 N–H and O–H groups in total. The summed E-state index contributed by atoms with van der Waals surface area (Å²) in [6, 6.07) is 64.8. The van der Waals surface area contributed by atoms with Crippen LogP contribution in [0.2, 0.25) is 0 Å². The molecule has 2 nitrogen and oxygen atoms in total. The lowest BCUT2D eigenvalue weighted by molar-refractivity contribution is 0.920. The van der Waals surface area contributed by atoms with Gasteiger partial charge in [-0.15, -0.1) is 22.7 Å². The van der Waals surface area contributed by atoms with E-state index >= 15 is 0 Å². The van der Waals surface area contributed by atoms with Crippen molar-refractivity contribution in [2.75, 3.05) is 9.80 Å². The fraction of sp³-hybridized carbons (Fsp3) is 0.0370. The summed E-state index contributed by atoms with van der Waals surface area (Å²) in [6.07, 6.45) is 8.82. The van der Waals surface area contributed by atoms with Crippen LogP contribution in [0.15, 0.2) is 200 Å². The van der Waals surface area contributed by atoms with Crippen LogP contribution in [0, 0.1) is 0 Å². The van der Waals surface area contributed by atoms with Crippen LogP contribution >= 0.6 is 22.7 Å². The van der Waals surface area contributed by atoms with Crippen molar-refractivity contribution in [3.05, 3.63) is 200 Å². The van der Waals surface area contributed by atoms with Crippen molar-refractivity contribution >= 4 is 124 Å². The van der Waals surface area contributed by atoms with Gasteiger partial charge in [-0.05, 0) is 89.0 Å². The van der Waals surface area contributed by atoms with E-state index in [-0.39, 0.29) is 0 Å². The summed E-state index contributed by atoms with van der Waals surface area (Å²) in [5.74, 6) is 0. The van der Waals surface area contributed by atoms with Gasteiger partial charge in [-0.25, -0.2) is 0 Å². The van der Waals surface area contributed by atoms with Gasteiger partial charge in [0.1, 0.15) is 0 Å². The Hall–Kier alpha value is -6.72. The lowest BCUT2D eigenvalue weighted by atomic mass is 9.98. The predicted molar refractivity (Wildman–Crippen MR) is 254 cm³/mol. The fourth-order valence-corrected chi connectivity index (χ4v) is 11.9. The van der Waals surface area contributed by atoms with Gasteiger partial charge in [0.25, 0.3) is 0 Å². The number of hydrogen-bond acceptors (Lipinski definition) is 4. The van der Waals surface area contributed by atoms with Crippen LogP contribution in [-0.2, 0) is 0 Å². The number of nitrogens with zero attached hydrogens (tertiary/aromatic N) is 2. The molecule has 0 fully saturated rings. The van der Waals surface area contributed by atoms with Gasteiger partial charge in [-0.2, -0.15) is 0 Å². The zero-order valence-electron chi connectivity index (χ0n) is 31.6. The maximum Gasteiger partial charge on any atom is 0.0540 e. The van der Waals surface area contributed by atoms with Crippen LogP contribution in [0.5, 0.6) is 0 Å². The monoisotopic (exact) mass is 776 g/mol. The third kappa shape index (κ3) is 5.22. The van der Waals surface area contributed by atoms with E-state index in [9.17, 15) is 0 Å². The zero-order valence-corrected chi connectivity index (χ0v) is 33.2. The summed E-state index contributed by atoms with van der Waals surface area (Å²) in [4.78, 5) is 4.92. The summed E-state index contributed by atoms with van der Waals surface area (Å²) in [5.41, 5.74) is 7.22.